The van der Waals surface area contributed by atoms with E-state index in [4.69, 9.17) is 9.72 Å². The van der Waals surface area contributed by atoms with Crippen molar-refractivity contribution in [3.63, 3.8) is 0 Å². The van der Waals surface area contributed by atoms with E-state index in [1.165, 1.54) is 4.88 Å². The Kier molecular flexibility index (Phi) is 4.65. The second-order valence-electron chi connectivity index (χ2n) is 7.06. The Labute approximate surface area is 151 Å². The number of thiophene rings is 1. The summed E-state index contributed by atoms with van der Waals surface area (Å²) in [6.45, 7) is 6.96. The van der Waals surface area contributed by atoms with E-state index in [9.17, 15) is 5.21 Å². The standard InChI is InChI=1S/C19H25N3O2S/c1-3-4-5-17-20-15-12-22(23)16-10-13(2)25-19(16)18(15)21(17)11-14-6-8-24-9-7-14/h10,12,14H,3-9,11H2,1-2H3. The number of hydrogen-bond donors (Lipinski definition) is 0. The highest BCUT2D eigenvalue weighted by Gasteiger charge is 2.23. The largest absolute Gasteiger partial charge is 0.618 e. The quantitative estimate of drug-likeness (QED) is 0.512. The van der Waals surface area contributed by atoms with Crippen LogP contribution in [0.2, 0.25) is 0 Å². The lowest BCUT2D eigenvalue weighted by molar-refractivity contribution is -0.575. The van der Waals surface area contributed by atoms with Gasteiger partial charge in [0, 0.05) is 37.1 Å². The summed E-state index contributed by atoms with van der Waals surface area (Å²) in [6, 6.07) is 1.99. The molecule has 0 spiro atoms. The maximum Gasteiger partial charge on any atom is 0.237 e. The van der Waals surface area contributed by atoms with Crippen molar-refractivity contribution < 1.29 is 9.47 Å². The molecule has 1 aliphatic rings. The Morgan fingerprint density at radius 3 is 2.96 bits per heavy atom. The number of hydrogen-bond acceptors (Lipinski definition) is 4. The van der Waals surface area contributed by atoms with E-state index in [0.717, 1.165) is 83.7 Å². The fourth-order valence-corrected chi connectivity index (χ4v) is 4.83. The van der Waals surface area contributed by atoms with Crippen LogP contribution in [-0.4, -0.2) is 22.8 Å². The smallest absolute Gasteiger partial charge is 0.237 e. The topological polar surface area (TPSA) is 54.0 Å². The van der Waals surface area contributed by atoms with Crippen molar-refractivity contribution in [2.45, 2.75) is 52.5 Å². The first-order chi connectivity index (χ1) is 12.2. The molecule has 3 aromatic heterocycles. The Balaban J connectivity index is 1.87. The molecule has 25 heavy (non-hydrogen) atoms. The van der Waals surface area contributed by atoms with Crippen molar-refractivity contribution >= 4 is 32.6 Å². The van der Waals surface area contributed by atoms with Crippen LogP contribution in [0.1, 0.15) is 43.3 Å². The molecule has 0 bridgehead atoms. The van der Waals surface area contributed by atoms with E-state index in [1.807, 2.05) is 6.07 Å². The number of aromatic nitrogens is 3. The van der Waals surface area contributed by atoms with E-state index in [1.54, 1.807) is 17.5 Å². The zero-order chi connectivity index (χ0) is 17.4. The molecule has 4 rings (SSSR count). The van der Waals surface area contributed by atoms with Crippen LogP contribution < -0.4 is 4.73 Å². The summed E-state index contributed by atoms with van der Waals surface area (Å²) in [5, 5.41) is 12.4. The second kappa shape index (κ2) is 6.92. The van der Waals surface area contributed by atoms with Crippen LogP contribution in [0.4, 0.5) is 0 Å². The number of unbranched alkanes of at least 4 members (excludes halogenated alkanes) is 1. The molecule has 0 unspecified atom stereocenters. The van der Waals surface area contributed by atoms with Gasteiger partial charge >= 0.3 is 0 Å². The maximum atomic E-state index is 12.4. The van der Waals surface area contributed by atoms with Crippen molar-refractivity contribution in [2.24, 2.45) is 5.92 Å². The van der Waals surface area contributed by atoms with Gasteiger partial charge in [0.1, 0.15) is 10.5 Å². The molecule has 3 aromatic rings. The van der Waals surface area contributed by atoms with E-state index in [0.29, 0.717) is 5.92 Å². The predicted octanol–water partition coefficient (Wildman–Crippen LogP) is 3.96. The fraction of sp³-hybridized carbons (Fsp3) is 0.579. The zero-order valence-corrected chi connectivity index (χ0v) is 15.8. The van der Waals surface area contributed by atoms with E-state index >= 15 is 0 Å². The van der Waals surface area contributed by atoms with Gasteiger partial charge in [-0.15, -0.1) is 11.3 Å². The van der Waals surface area contributed by atoms with Gasteiger partial charge in [-0.25, -0.2) is 4.98 Å². The fourth-order valence-electron chi connectivity index (χ4n) is 3.77. The summed E-state index contributed by atoms with van der Waals surface area (Å²) in [7, 11) is 0. The molecule has 134 valence electrons. The molecule has 0 radical (unpaired) electrons. The number of imidazole rings is 1. The average molecular weight is 359 g/mol. The third-order valence-corrected chi connectivity index (χ3v) is 6.18. The molecule has 0 aliphatic carbocycles. The highest BCUT2D eigenvalue weighted by molar-refractivity contribution is 7.19. The Bertz CT molecular complexity index is 893. The van der Waals surface area contributed by atoms with Crippen molar-refractivity contribution in [1.82, 2.24) is 9.55 Å². The van der Waals surface area contributed by atoms with Gasteiger partial charge in [0.05, 0.1) is 5.52 Å². The zero-order valence-electron chi connectivity index (χ0n) is 15.0. The summed E-state index contributed by atoms with van der Waals surface area (Å²) in [4.78, 5) is 6.02. The first-order valence-electron chi connectivity index (χ1n) is 9.26. The van der Waals surface area contributed by atoms with Gasteiger partial charge in [-0.3, -0.25) is 0 Å². The van der Waals surface area contributed by atoms with Gasteiger partial charge in [0.15, 0.2) is 5.52 Å². The lowest BCUT2D eigenvalue weighted by atomic mass is 10.00. The van der Waals surface area contributed by atoms with Crippen LogP contribution in [0.5, 0.6) is 0 Å². The Morgan fingerprint density at radius 1 is 1.40 bits per heavy atom. The Morgan fingerprint density at radius 2 is 2.20 bits per heavy atom. The van der Waals surface area contributed by atoms with Crippen molar-refractivity contribution in [1.29, 1.82) is 0 Å². The van der Waals surface area contributed by atoms with Gasteiger partial charge in [-0.2, -0.15) is 4.73 Å². The lowest BCUT2D eigenvalue weighted by Crippen LogP contribution is -2.26. The SMILES string of the molecule is CCCCc1nc2c[n+]([O-])c3cc(C)sc3c2n1CC1CCOCC1. The van der Waals surface area contributed by atoms with Crippen LogP contribution >= 0.6 is 11.3 Å². The van der Waals surface area contributed by atoms with Crippen molar-refractivity contribution in [2.75, 3.05) is 13.2 Å². The summed E-state index contributed by atoms with van der Waals surface area (Å²) in [5.74, 6) is 1.75. The van der Waals surface area contributed by atoms with Crippen LogP contribution in [0, 0.1) is 18.0 Å². The third-order valence-electron chi connectivity index (χ3n) is 5.14. The molecule has 1 saturated heterocycles. The molecule has 0 aromatic carbocycles. The number of ether oxygens (including phenoxy) is 1. The van der Waals surface area contributed by atoms with Crippen molar-refractivity contribution in [3.05, 3.63) is 28.2 Å². The molecule has 0 N–H and O–H groups in total. The number of aryl methyl sites for hydroxylation is 2. The average Bonchev–Trinajstić information content (AvgIpc) is 3.15. The van der Waals surface area contributed by atoms with Crippen LogP contribution in [0.15, 0.2) is 12.3 Å². The summed E-state index contributed by atoms with van der Waals surface area (Å²) in [6.07, 6.45) is 7.11. The first kappa shape index (κ1) is 16.8. The molecule has 1 fully saturated rings. The van der Waals surface area contributed by atoms with E-state index in [-0.39, 0.29) is 0 Å². The molecule has 4 heterocycles. The third kappa shape index (κ3) is 3.13. The van der Waals surface area contributed by atoms with Gasteiger partial charge in [0.2, 0.25) is 11.7 Å². The lowest BCUT2D eigenvalue weighted by Gasteiger charge is -2.23. The molecule has 0 atom stereocenters. The summed E-state index contributed by atoms with van der Waals surface area (Å²) < 4.78 is 9.98. The molecule has 5 nitrogen and oxygen atoms in total. The number of rotatable bonds is 5. The number of fused-ring (bicyclic) bond motifs is 3. The highest BCUT2D eigenvalue weighted by Crippen LogP contribution is 2.32. The van der Waals surface area contributed by atoms with Gasteiger partial charge in [-0.1, -0.05) is 13.3 Å². The molecular weight excluding hydrogens is 334 g/mol. The minimum atomic E-state index is 0.627. The van der Waals surface area contributed by atoms with Crippen LogP contribution in [0.25, 0.3) is 21.3 Å². The molecule has 6 heteroatoms. The van der Waals surface area contributed by atoms with Gasteiger partial charge < -0.3 is 14.5 Å². The van der Waals surface area contributed by atoms with E-state index < -0.39 is 0 Å². The monoisotopic (exact) mass is 359 g/mol. The number of nitrogens with zero attached hydrogens (tertiary/aromatic N) is 3. The minimum absolute atomic E-state index is 0.627. The molecule has 0 amide bonds. The Hall–Kier alpha value is -1.66. The summed E-state index contributed by atoms with van der Waals surface area (Å²) >= 11 is 1.70. The minimum Gasteiger partial charge on any atom is -0.618 e. The van der Waals surface area contributed by atoms with Crippen LogP contribution in [0.3, 0.4) is 0 Å². The maximum absolute atomic E-state index is 12.4. The van der Waals surface area contributed by atoms with Gasteiger partial charge in [0.25, 0.3) is 0 Å². The van der Waals surface area contributed by atoms with E-state index in [2.05, 4.69) is 18.4 Å². The highest BCUT2D eigenvalue weighted by atomic mass is 32.1. The first-order valence-corrected chi connectivity index (χ1v) is 10.1. The molecule has 0 saturated carbocycles. The normalized spacial score (nSPS) is 16.2. The summed E-state index contributed by atoms with van der Waals surface area (Å²) in [5.41, 5.74) is 2.76. The predicted molar refractivity (Wildman–Crippen MR) is 101 cm³/mol. The van der Waals surface area contributed by atoms with Crippen molar-refractivity contribution in [3.8, 4) is 0 Å². The number of pyridine rings is 1. The molecular formula is C19H25N3O2S. The second-order valence-corrected chi connectivity index (χ2v) is 8.31. The van der Waals surface area contributed by atoms with Gasteiger partial charge in [-0.05, 0) is 32.1 Å². The van der Waals surface area contributed by atoms with Crippen LogP contribution in [-0.2, 0) is 17.7 Å². The molecule has 1 aliphatic heterocycles.